The number of carbonyl (C=O) groups excluding carboxylic acids is 2. The minimum Gasteiger partial charge on any atom is -0.447 e. The van der Waals surface area contributed by atoms with Crippen molar-refractivity contribution in [2.24, 2.45) is 5.92 Å². The van der Waals surface area contributed by atoms with E-state index in [1.165, 1.54) is 25.7 Å². The summed E-state index contributed by atoms with van der Waals surface area (Å²) in [5.74, 6) is 0.509. The summed E-state index contributed by atoms with van der Waals surface area (Å²) in [5.41, 5.74) is 0. The van der Waals surface area contributed by atoms with Gasteiger partial charge in [0.25, 0.3) is 0 Å². The summed E-state index contributed by atoms with van der Waals surface area (Å²) in [6, 6.07) is 0.269. The Hall–Kier alpha value is -1.06. The van der Waals surface area contributed by atoms with Gasteiger partial charge in [-0.15, -0.1) is 0 Å². The van der Waals surface area contributed by atoms with Crippen molar-refractivity contribution in [2.75, 3.05) is 13.2 Å². The van der Waals surface area contributed by atoms with Crippen molar-refractivity contribution >= 4 is 12.4 Å². The zero-order valence-electron chi connectivity index (χ0n) is 13.7. The van der Waals surface area contributed by atoms with Gasteiger partial charge < -0.3 is 14.4 Å². The van der Waals surface area contributed by atoms with E-state index in [4.69, 9.17) is 4.74 Å². The third-order valence-electron chi connectivity index (χ3n) is 4.53. The molecule has 1 aliphatic rings. The van der Waals surface area contributed by atoms with Crippen LogP contribution in [-0.4, -0.2) is 36.5 Å². The number of hydrogen-bond donors (Lipinski definition) is 0. The van der Waals surface area contributed by atoms with E-state index in [0.29, 0.717) is 18.9 Å². The van der Waals surface area contributed by atoms with Crippen molar-refractivity contribution < 1.29 is 14.3 Å². The van der Waals surface area contributed by atoms with Gasteiger partial charge in [0.15, 0.2) is 0 Å². The molecule has 4 nitrogen and oxygen atoms in total. The zero-order valence-corrected chi connectivity index (χ0v) is 13.7. The Morgan fingerprint density at radius 2 is 1.81 bits per heavy atom. The smallest absolute Gasteiger partial charge is 0.410 e. The van der Waals surface area contributed by atoms with Crippen molar-refractivity contribution in [2.45, 2.75) is 77.7 Å². The molecule has 0 radical (unpaired) electrons. The molecule has 2 unspecified atom stereocenters. The molecule has 1 aliphatic heterocycles. The van der Waals surface area contributed by atoms with Crippen molar-refractivity contribution in [1.82, 2.24) is 4.90 Å². The highest BCUT2D eigenvalue weighted by atomic mass is 16.6. The number of cyclic esters (lactones) is 1. The third-order valence-corrected chi connectivity index (χ3v) is 4.53. The summed E-state index contributed by atoms with van der Waals surface area (Å²) >= 11 is 0. The van der Waals surface area contributed by atoms with Crippen LogP contribution in [0.15, 0.2) is 0 Å². The van der Waals surface area contributed by atoms with E-state index in [2.05, 4.69) is 13.8 Å². The number of carbonyl (C=O) groups is 2. The second-order valence-electron chi connectivity index (χ2n) is 6.15. The number of unbranched alkanes of at least 4 members (excludes halogenated alkanes) is 7. The number of ether oxygens (including phenoxy) is 1. The molecular formula is C17H31NO3. The maximum absolute atomic E-state index is 11.7. The Labute approximate surface area is 129 Å². The number of nitrogens with zero attached hydrogens (tertiary/aromatic N) is 1. The molecule has 0 aliphatic carbocycles. The number of aldehydes is 1. The van der Waals surface area contributed by atoms with Gasteiger partial charge in [0.2, 0.25) is 0 Å². The minimum atomic E-state index is -0.130. The predicted octanol–water partition coefficient (Wildman–Crippen LogP) is 4.17. The van der Waals surface area contributed by atoms with Crippen LogP contribution in [-0.2, 0) is 9.53 Å². The molecule has 1 amide bonds. The van der Waals surface area contributed by atoms with Gasteiger partial charge in [0.05, 0.1) is 6.04 Å². The number of hydrogen-bond acceptors (Lipinski definition) is 3. The molecule has 0 saturated carbocycles. The van der Waals surface area contributed by atoms with Crippen LogP contribution >= 0.6 is 0 Å². The average Bonchev–Trinajstić information content (AvgIpc) is 2.86. The fourth-order valence-electron chi connectivity index (χ4n) is 2.86. The average molecular weight is 297 g/mol. The van der Waals surface area contributed by atoms with Crippen LogP contribution in [0.25, 0.3) is 0 Å². The van der Waals surface area contributed by atoms with Crippen LogP contribution < -0.4 is 0 Å². The molecule has 122 valence electrons. The first-order valence-electron chi connectivity index (χ1n) is 8.57. The lowest BCUT2D eigenvalue weighted by Gasteiger charge is -2.25. The van der Waals surface area contributed by atoms with Gasteiger partial charge in [0, 0.05) is 13.0 Å². The first-order chi connectivity index (χ1) is 10.2. The van der Waals surface area contributed by atoms with E-state index in [1.54, 1.807) is 0 Å². The first-order valence-corrected chi connectivity index (χ1v) is 8.57. The summed E-state index contributed by atoms with van der Waals surface area (Å²) in [4.78, 5) is 23.9. The first kappa shape index (κ1) is 18.0. The van der Waals surface area contributed by atoms with E-state index in [9.17, 15) is 9.59 Å². The molecule has 0 bridgehead atoms. The molecule has 0 aromatic heterocycles. The van der Waals surface area contributed by atoms with Gasteiger partial charge in [-0.2, -0.15) is 0 Å². The summed E-state index contributed by atoms with van der Waals surface area (Å²) in [6.07, 6.45) is 10.8. The molecule has 0 N–H and O–H groups in total. The van der Waals surface area contributed by atoms with Crippen molar-refractivity contribution in [3.05, 3.63) is 0 Å². The van der Waals surface area contributed by atoms with Crippen LogP contribution in [0.3, 0.4) is 0 Å². The number of rotatable bonds is 12. The van der Waals surface area contributed by atoms with Gasteiger partial charge in [-0.3, -0.25) is 0 Å². The molecular weight excluding hydrogens is 266 g/mol. The van der Waals surface area contributed by atoms with Crippen molar-refractivity contribution in [3.8, 4) is 0 Å². The van der Waals surface area contributed by atoms with Gasteiger partial charge >= 0.3 is 6.09 Å². The lowest BCUT2D eigenvalue weighted by Crippen LogP contribution is -2.38. The van der Waals surface area contributed by atoms with Crippen molar-refractivity contribution in [3.63, 3.8) is 0 Å². The Bertz CT molecular complexity index is 306. The number of amides is 1. The van der Waals surface area contributed by atoms with Gasteiger partial charge in [0.1, 0.15) is 12.9 Å². The molecule has 0 aromatic carbocycles. The normalized spacial score (nSPS) is 19.6. The monoisotopic (exact) mass is 297 g/mol. The second-order valence-corrected chi connectivity index (χ2v) is 6.15. The zero-order chi connectivity index (χ0) is 15.5. The molecule has 21 heavy (non-hydrogen) atoms. The molecule has 0 aromatic rings. The van der Waals surface area contributed by atoms with E-state index < -0.39 is 0 Å². The predicted molar refractivity (Wildman–Crippen MR) is 84.3 cm³/mol. The van der Waals surface area contributed by atoms with Gasteiger partial charge in [-0.1, -0.05) is 52.4 Å². The van der Waals surface area contributed by atoms with Crippen LogP contribution in [0.4, 0.5) is 4.79 Å². The summed E-state index contributed by atoms with van der Waals surface area (Å²) < 4.78 is 5.19. The molecule has 2 atom stereocenters. The minimum absolute atomic E-state index is 0.130. The standard InChI is InChI=1S/C17H31NO3/c1-3-15(2)16-14-21-17(20)18(16)12-10-8-6-4-5-7-9-11-13-19/h13,15-16H,3-12,14H2,1-2H3. The maximum Gasteiger partial charge on any atom is 0.410 e. The maximum atomic E-state index is 11.7. The van der Waals surface area contributed by atoms with Crippen molar-refractivity contribution in [1.29, 1.82) is 0 Å². The van der Waals surface area contributed by atoms with Crippen LogP contribution in [0.2, 0.25) is 0 Å². The lowest BCUT2D eigenvalue weighted by atomic mass is 9.99. The Morgan fingerprint density at radius 3 is 2.43 bits per heavy atom. The molecule has 1 heterocycles. The summed E-state index contributed by atoms with van der Waals surface area (Å²) in [5, 5.41) is 0. The lowest BCUT2D eigenvalue weighted by molar-refractivity contribution is -0.107. The summed E-state index contributed by atoms with van der Waals surface area (Å²) in [7, 11) is 0. The SMILES string of the molecule is CCC(C)C1COC(=O)N1CCCCCCCCCC=O. The van der Waals surface area contributed by atoms with E-state index in [-0.39, 0.29) is 12.1 Å². The highest BCUT2D eigenvalue weighted by molar-refractivity contribution is 5.70. The third kappa shape index (κ3) is 6.49. The Kier molecular flexibility index (Phi) is 9.11. The van der Waals surface area contributed by atoms with Crippen LogP contribution in [0, 0.1) is 5.92 Å². The van der Waals surface area contributed by atoms with E-state index in [1.807, 2.05) is 4.90 Å². The highest BCUT2D eigenvalue weighted by Gasteiger charge is 2.35. The van der Waals surface area contributed by atoms with E-state index >= 15 is 0 Å². The summed E-state index contributed by atoms with van der Waals surface area (Å²) in [6.45, 7) is 5.75. The van der Waals surface area contributed by atoms with E-state index in [0.717, 1.165) is 38.5 Å². The van der Waals surface area contributed by atoms with Crippen LogP contribution in [0.5, 0.6) is 0 Å². The molecule has 0 spiro atoms. The second kappa shape index (κ2) is 10.6. The highest BCUT2D eigenvalue weighted by Crippen LogP contribution is 2.22. The molecule has 1 saturated heterocycles. The molecule has 1 rings (SSSR count). The molecule has 4 heteroatoms. The molecule has 1 fully saturated rings. The van der Waals surface area contributed by atoms with Gasteiger partial charge in [-0.25, -0.2) is 4.79 Å². The fourth-order valence-corrected chi connectivity index (χ4v) is 2.86. The van der Waals surface area contributed by atoms with Crippen LogP contribution in [0.1, 0.15) is 71.6 Å². The fraction of sp³-hybridized carbons (Fsp3) is 0.882. The Balaban J connectivity index is 2.08. The largest absolute Gasteiger partial charge is 0.447 e. The Morgan fingerprint density at radius 1 is 1.19 bits per heavy atom. The topological polar surface area (TPSA) is 46.6 Å². The van der Waals surface area contributed by atoms with Gasteiger partial charge in [-0.05, 0) is 18.8 Å². The quantitative estimate of drug-likeness (QED) is 0.401.